The second-order valence-electron chi connectivity index (χ2n) is 7.28. The van der Waals surface area contributed by atoms with Gasteiger partial charge in [0.15, 0.2) is 0 Å². The van der Waals surface area contributed by atoms with Gasteiger partial charge in [-0.1, -0.05) is 32.1 Å². The highest BCUT2D eigenvalue weighted by atomic mass is 16.2. The molecular formula is C18H32N4O3. The fourth-order valence-electron chi connectivity index (χ4n) is 3.82. The summed E-state index contributed by atoms with van der Waals surface area (Å²) in [6.45, 7) is 0.376. The Balaban J connectivity index is 1.78. The standard InChI is InChI=1S/C18H32N4O3/c1-20-18(25)15-11-13(19)12-22(15)17(24)10-9-16(23)21-14-7-5-3-2-4-6-8-14/h13-15H,2-12,19H2,1H3,(H,20,25)(H,21,23)/t13-,15-/m0/s1. The van der Waals surface area contributed by atoms with Gasteiger partial charge in [0.25, 0.3) is 0 Å². The summed E-state index contributed by atoms with van der Waals surface area (Å²) in [4.78, 5) is 38.0. The van der Waals surface area contributed by atoms with Crippen molar-refractivity contribution >= 4 is 17.7 Å². The quantitative estimate of drug-likeness (QED) is 0.676. The molecule has 1 saturated heterocycles. The summed E-state index contributed by atoms with van der Waals surface area (Å²) < 4.78 is 0. The lowest BCUT2D eigenvalue weighted by Crippen LogP contribution is -2.45. The number of nitrogens with zero attached hydrogens (tertiary/aromatic N) is 1. The van der Waals surface area contributed by atoms with Crippen LogP contribution in [0.15, 0.2) is 0 Å². The van der Waals surface area contributed by atoms with Crippen LogP contribution in [0.3, 0.4) is 0 Å². The minimum atomic E-state index is -0.513. The zero-order valence-electron chi connectivity index (χ0n) is 15.3. The Morgan fingerprint density at radius 1 is 1.04 bits per heavy atom. The molecule has 4 N–H and O–H groups in total. The van der Waals surface area contributed by atoms with Gasteiger partial charge in [-0.05, 0) is 19.3 Å². The van der Waals surface area contributed by atoms with Gasteiger partial charge in [-0.15, -0.1) is 0 Å². The van der Waals surface area contributed by atoms with Crippen LogP contribution in [0.1, 0.15) is 64.2 Å². The van der Waals surface area contributed by atoms with E-state index in [1.54, 1.807) is 7.05 Å². The molecule has 0 bridgehead atoms. The van der Waals surface area contributed by atoms with Gasteiger partial charge in [0, 0.05) is 38.5 Å². The largest absolute Gasteiger partial charge is 0.357 e. The molecule has 2 fully saturated rings. The highest BCUT2D eigenvalue weighted by Gasteiger charge is 2.37. The van der Waals surface area contributed by atoms with Gasteiger partial charge in [-0.3, -0.25) is 14.4 Å². The Labute approximate surface area is 150 Å². The van der Waals surface area contributed by atoms with E-state index in [9.17, 15) is 14.4 Å². The monoisotopic (exact) mass is 352 g/mol. The second-order valence-corrected chi connectivity index (χ2v) is 7.28. The van der Waals surface area contributed by atoms with Crippen molar-refractivity contribution in [1.29, 1.82) is 0 Å². The molecule has 0 aromatic rings. The number of hydrogen-bond donors (Lipinski definition) is 3. The third-order valence-electron chi connectivity index (χ3n) is 5.24. The first-order chi connectivity index (χ1) is 12.0. The predicted octanol–water partition coefficient (Wildman–Crippen LogP) is 0.670. The maximum absolute atomic E-state index is 12.4. The number of hydrogen-bond acceptors (Lipinski definition) is 4. The van der Waals surface area contributed by atoms with Crippen LogP contribution in [0.4, 0.5) is 0 Å². The van der Waals surface area contributed by atoms with Crippen molar-refractivity contribution in [3.8, 4) is 0 Å². The number of likely N-dealkylation sites (tertiary alicyclic amines) is 1. The van der Waals surface area contributed by atoms with E-state index in [0.717, 1.165) is 25.7 Å². The molecule has 1 aliphatic carbocycles. The SMILES string of the molecule is CNC(=O)[C@@H]1C[C@H](N)CN1C(=O)CCC(=O)NC1CCCCCCC1. The van der Waals surface area contributed by atoms with Crippen molar-refractivity contribution in [2.24, 2.45) is 5.73 Å². The maximum Gasteiger partial charge on any atom is 0.242 e. The summed E-state index contributed by atoms with van der Waals surface area (Å²) in [5, 5.41) is 5.65. The lowest BCUT2D eigenvalue weighted by atomic mass is 9.96. The number of rotatable bonds is 5. The Hall–Kier alpha value is -1.63. The molecule has 2 aliphatic rings. The maximum atomic E-state index is 12.4. The number of carbonyl (C=O) groups excluding carboxylic acids is 3. The fourth-order valence-corrected chi connectivity index (χ4v) is 3.82. The van der Waals surface area contributed by atoms with E-state index in [-0.39, 0.29) is 42.6 Å². The van der Waals surface area contributed by atoms with Crippen LogP contribution in [0.5, 0.6) is 0 Å². The molecular weight excluding hydrogens is 320 g/mol. The molecule has 25 heavy (non-hydrogen) atoms. The zero-order valence-corrected chi connectivity index (χ0v) is 15.3. The molecule has 2 rings (SSSR count). The lowest BCUT2D eigenvalue weighted by molar-refractivity contribution is -0.139. The van der Waals surface area contributed by atoms with E-state index in [1.807, 2.05) is 0 Å². The van der Waals surface area contributed by atoms with E-state index in [0.29, 0.717) is 13.0 Å². The molecule has 7 heteroatoms. The molecule has 1 heterocycles. The van der Waals surface area contributed by atoms with Crippen molar-refractivity contribution in [3.05, 3.63) is 0 Å². The van der Waals surface area contributed by atoms with Gasteiger partial charge in [0.2, 0.25) is 17.7 Å². The Bertz CT molecular complexity index is 475. The van der Waals surface area contributed by atoms with Crippen LogP contribution in [0.25, 0.3) is 0 Å². The normalized spacial score (nSPS) is 25.1. The molecule has 1 saturated carbocycles. The van der Waals surface area contributed by atoms with Crippen molar-refractivity contribution in [2.75, 3.05) is 13.6 Å². The molecule has 0 radical (unpaired) electrons. The topological polar surface area (TPSA) is 105 Å². The first-order valence-corrected chi connectivity index (χ1v) is 9.57. The molecule has 142 valence electrons. The van der Waals surface area contributed by atoms with Gasteiger partial charge in [-0.25, -0.2) is 0 Å². The van der Waals surface area contributed by atoms with Gasteiger partial charge < -0.3 is 21.3 Å². The third-order valence-corrected chi connectivity index (χ3v) is 5.24. The first kappa shape index (κ1) is 19.7. The second kappa shape index (κ2) is 9.75. The number of amides is 3. The predicted molar refractivity (Wildman–Crippen MR) is 95.6 cm³/mol. The number of carbonyl (C=O) groups is 3. The van der Waals surface area contributed by atoms with E-state index < -0.39 is 6.04 Å². The molecule has 0 aromatic carbocycles. The van der Waals surface area contributed by atoms with Crippen LogP contribution < -0.4 is 16.4 Å². The third kappa shape index (κ3) is 5.99. The lowest BCUT2D eigenvalue weighted by Gasteiger charge is -2.24. The molecule has 0 spiro atoms. The van der Waals surface area contributed by atoms with E-state index in [2.05, 4.69) is 10.6 Å². The average Bonchev–Trinajstić information content (AvgIpc) is 2.96. The van der Waals surface area contributed by atoms with Gasteiger partial charge in [0.1, 0.15) is 6.04 Å². The highest BCUT2D eigenvalue weighted by molar-refractivity contribution is 5.90. The van der Waals surface area contributed by atoms with Crippen LogP contribution in [0, 0.1) is 0 Å². The summed E-state index contributed by atoms with van der Waals surface area (Å²) >= 11 is 0. The molecule has 0 unspecified atom stereocenters. The van der Waals surface area contributed by atoms with Crippen molar-refractivity contribution < 1.29 is 14.4 Å². The van der Waals surface area contributed by atoms with Crippen molar-refractivity contribution in [3.63, 3.8) is 0 Å². The summed E-state index contributed by atoms with van der Waals surface area (Å²) in [6, 6.07) is -0.460. The molecule has 3 amide bonds. The van der Waals surface area contributed by atoms with Crippen LogP contribution in [-0.2, 0) is 14.4 Å². The Kier molecular flexibility index (Phi) is 7.68. The summed E-state index contributed by atoms with van der Waals surface area (Å²) in [5.41, 5.74) is 5.90. The Morgan fingerprint density at radius 2 is 1.68 bits per heavy atom. The first-order valence-electron chi connectivity index (χ1n) is 9.57. The van der Waals surface area contributed by atoms with Crippen molar-refractivity contribution in [1.82, 2.24) is 15.5 Å². The van der Waals surface area contributed by atoms with Gasteiger partial charge in [0.05, 0.1) is 0 Å². The highest BCUT2D eigenvalue weighted by Crippen LogP contribution is 2.19. The number of nitrogens with two attached hydrogens (primary N) is 1. The van der Waals surface area contributed by atoms with E-state index >= 15 is 0 Å². The van der Waals surface area contributed by atoms with E-state index in [4.69, 9.17) is 5.73 Å². The summed E-state index contributed by atoms with van der Waals surface area (Å²) in [6.07, 6.45) is 8.90. The van der Waals surface area contributed by atoms with E-state index in [1.165, 1.54) is 24.2 Å². The summed E-state index contributed by atoms with van der Waals surface area (Å²) in [7, 11) is 1.55. The van der Waals surface area contributed by atoms with Crippen LogP contribution in [-0.4, -0.2) is 54.3 Å². The average molecular weight is 352 g/mol. The van der Waals surface area contributed by atoms with Crippen molar-refractivity contribution in [2.45, 2.75) is 82.3 Å². The van der Waals surface area contributed by atoms with Crippen LogP contribution in [0.2, 0.25) is 0 Å². The number of nitrogens with one attached hydrogen (secondary N) is 2. The molecule has 1 aliphatic heterocycles. The van der Waals surface area contributed by atoms with Gasteiger partial charge in [-0.2, -0.15) is 0 Å². The van der Waals surface area contributed by atoms with Gasteiger partial charge >= 0.3 is 0 Å². The minimum absolute atomic E-state index is 0.0705. The smallest absolute Gasteiger partial charge is 0.242 e. The zero-order chi connectivity index (χ0) is 18.2. The Morgan fingerprint density at radius 3 is 2.32 bits per heavy atom. The molecule has 7 nitrogen and oxygen atoms in total. The fraction of sp³-hybridized carbons (Fsp3) is 0.833. The number of likely N-dealkylation sites (N-methyl/N-ethyl adjacent to an activating group) is 1. The molecule has 2 atom stereocenters. The van der Waals surface area contributed by atoms with Crippen LogP contribution >= 0.6 is 0 Å². The summed E-state index contributed by atoms with van der Waals surface area (Å²) in [5.74, 6) is -0.437. The molecule has 0 aromatic heterocycles. The minimum Gasteiger partial charge on any atom is -0.357 e.